The fraction of sp³-hybridized carbons (Fsp3) is 0.667. The molecule has 3 fully saturated rings. The van der Waals surface area contributed by atoms with Crippen LogP contribution in [0.2, 0.25) is 0 Å². The molecule has 1 saturated carbocycles. The lowest BCUT2D eigenvalue weighted by atomic mass is 10.1. The van der Waals surface area contributed by atoms with E-state index in [4.69, 9.17) is 9.47 Å². The Morgan fingerprint density at radius 3 is 2.96 bits per heavy atom. The molecule has 24 heavy (non-hydrogen) atoms. The van der Waals surface area contributed by atoms with Crippen molar-refractivity contribution in [3.05, 3.63) is 30.1 Å². The molecule has 1 aromatic heterocycles. The molecule has 6 nitrogen and oxygen atoms in total. The molecule has 3 atom stereocenters. The predicted octanol–water partition coefficient (Wildman–Crippen LogP) is 2.05. The first-order valence-electron chi connectivity index (χ1n) is 9.00. The molecular formula is C18H25N3O3. The second-order valence-corrected chi connectivity index (χ2v) is 6.86. The molecule has 2 aliphatic heterocycles. The van der Waals surface area contributed by atoms with Gasteiger partial charge in [0.2, 0.25) is 0 Å². The Morgan fingerprint density at radius 1 is 1.29 bits per heavy atom. The third-order valence-electron chi connectivity index (χ3n) is 5.34. The van der Waals surface area contributed by atoms with Crippen LogP contribution in [0, 0.1) is 0 Å². The van der Waals surface area contributed by atoms with Gasteiger partial charge in [-0.15, -0.1) is 0 Å². The van der Waals surface area contributed by atoms with Gasteiger partial charge < -0.3 is 19.3 Å². The van der Waals surface area contributed by atoms with E-state index in [1.807, 2.05) is 28.1 Å². The summed E-state index contributed by atoms with van der Waals surface area (Å²) < 4.78 is 12.1. The fourth-order valence-corrected chi connectivity index (χ4v) is 4.11. The van der Waals surface area contributed by atoms with Crippen LogP contribution in [-0.4, -0.2) is 65.3 Å². The van der Waals surface area contributed by atoms with Gasteiger partial charge in [0, 0.05) is 32.0 Å². The number of urea groups is 1. The number of carbonyl (C=O) groups is 1. The van der Waals surface area contributed by atoms with Crippen molar-refractivity contribution >= 4 is 6.03 Å². The number of hydrogen-bond donors (Lipinski definition) is 0. The van der Waals surface area contributed by atoms with Crippen molar-refractivity contribution in [2.24, 2.45) is 0 Å². The predicted molar refractivity (Wildman–Crippen MR) is 88.5 cm³/mol. The Balaban J connectivity index is 1.38. The summed E-state index contributed by atoms with van der Waals surface area (Å²) in [6.45, 7) is 3.65. The van der Waals surface area contributed by atoms with Crippen LogP contribution in [0.1, 0.15) is 31.2 Å². The van der Waals surface area contributed by atoms with Gasteiger partial charge >= 0.3 is 6.03 Å². The number of rotatable bonds is 3. The van der Waals surface area contributed by atoms with E-state index < -0.39 is 0 Å². The first kappa shape index (κ1) is 15.8. The molecule has 4 rings (SSSR count). The van der Waals surface area contributed by atoms with Crippen molar-refractivity contribution in [1.82, 2.24) is 14.8 Å². The molecule has 130 valence electrons. The van der Waals surface area contributed by atoms with Crippen LogP contribution in [0.15, 0.2) is 24.5 Å². The molecule has 1 aliphatic carbocycles. The van der Waals surface area contributed by atoms with E-state index in [1.165, 1.54) is 0 Å². The largest absolute Gasteiger partial charge is 0.372 e. The minimum atomic E-state index is 0.00183. The zero-order valence-corrected chi connectivity index (χ0v) is 14.0. The van der Waals surface area contributed by atoms with Crippen molar-refractivity contribution in [3.8, 4) is 0 Å². The molecule has 6 heteroatoms. The zero-order chi connectivity index (χ0) is 16.4. The van der Waals surface area contributed by atoms with E-state index in [1.54, 1.807) is 6.20 Å². The fourth-order valence-electron chi connectivity index (χ4n) is 4.11. The van der Waals surface area contributed by atoms with Gasteiger partial charge in [-0.25, -0.2) is 4.79 Å². The molecule has 0 radical (unpaired) electrons. The topological polar surface area (TPSA) is 54.9 Å². The molecule has 0 bridgehead atoms. The van der Waals surface area contributed by atoms with Crippen molar-refractivity contribution < 1.29 is 14.3 Å². The van der Waals surface area contributed by atoms with E-state index in [2.05, 4.69) is 4.98 Å². The summed E-state index contributed by atoms with van der Waals surface area (Å²) in [7, 11) is 0. The Kier molecular flexibility index (Phi) is 4.67. The summed E-state index contributed by atoms with van der Waals surface area (Å²) in [6, 6.07) is 4.29. The van der Waals surface area contributed by atoms with Gasteiger partial charge in [-0.3, -0.25) is 4.98 Å². The van der Waals surface area contributed by atoms with Crippen LogP contribution in [0.25, 0.3) is 0 Å². The average Bonchev–Trinajstić information content (AvgIpc) is 3.30. The molecule has 3 aliphatic rings. The number of hydrogen-bond acceptors (Lipinski definition) is 4. The number of ether oxygens (including phenoxy) is 2. The molecular weight excluding hydrogens is 306 g/mol. The lowest BCUT2D eigenvalue weighted by molar-refractivity contribution is -0.108. The highest BCUT2D eigenvalue weighted by Crippen LogP contribution is 2.33. The van der Waals surface area contributed by atoms with E-state index >= 15 is 0 Å². The van der Waals surface area contributed by atoms with Gasteiger partial charge in [0.05, 0.1) is 25.4 Å². The minimum Gasteiger partial charge on any atom is -0.372 e. The third kappa shape index (κ3) is 3.13. The summed E-state index contributed by atoms with van der Waals surface area (Å²) in [5.74, 6) is 0. The number of morpholine rings is 1. The molecule has 0 spiro atoms. The number of carbonyl (C=O) groups excluding carboxylic acids is 1. The molecule has 3 heterocycles. The lowest BCUT2D eigenvalue weighted by Crippen LogP contribution is -2.56. The quantitative estimate of drug-likeness (QED) is 0.851. The Bertz CT molecular complexity index is 562. The summed E-state index contributed by atoms with van der Waals surface area (Å²) in [4.78, 5) is 20.9. The second kappa shape index (κ2) is 7.07. The van der Waals surface area contributed by atoms with Crippen molar-refractivity contribution in [3.63, 3.8) is 0 Å². The van der Waals surface area contributed by atoms with Gasteiger partial charge in [-0.1, -0.05) is 6.07 Å². The number of nitrogens with zero attached hydrogens (tertiary/aromatic N) is 3. The van der Waals surface area contributed by atoms with E-state index in [-0.39, 0.29) is 24.3 Å². The van der Waals surface area contributed by atoms with E-state index in [0.717, 1.165) is 44.3 Å². The maximum Gasteiger partial charge on any atom is 0.320 e. The molecule has 0 N–H and O–H groups in total. The second-order valence-electron chi connectivity index (χ2n) is 6.86. The SMILES string of the molecule is O=C(N1CCCC1)N1CCO[C@@H]2[C@@H](OCc3cccnc3)CC[C@H]21. The lowest BCUT2D eigenvalue weighted by Gasteiger charge is -2.40. The van der Waals surface area contributed by atoms with Crippen LogP contribution in [-0.2, 0) is 16.1 Å². The number of amides is 2. The maximum absolute atomic E-state index is 12.8. The van der Waals surface area contributed by atoms with E-state index in [9.17, 15) is 4.79 Å². The molecule has 0 unspecified atom stereocenters. The zero-order valence-electron chi connectivity index (χ0n) is 14.0. The van der Waals surface area contributed by atoms with E-state index in [0.29, 0.717) is 19.8 Å². The summed E-state index contributed by atoms with van der Waals surface area (Å²) in [5.41, 5.74) is 1.07. The molecule has 0 aromatic carbocycles. The van der Waals surface area contributed by atoms with Gasteiger partial charge in [0.15, 0.2) is 0 Å². The standard InChI is InChI=1S/C18H25N3O3/c22-18(20-8-1-2-9-20)21-10-11-23-17-15(21)5-6-16(17)24-13-14-4-3-7-19-12-14/h3-4,7,12,15-17H,1-2,5-6,8-11,13H2/t15-,16+,17+/m1/s1. The van der Waals surface area contributed by atoms with Crippen LogP contribution < -0.4 is 0 Å². The first-order valence-corrected chi connectivity index (χ1v) is 9.00. The van der Waals surface area contributed by atoms with Crippen molar-refractivity contribution in [2.45, 2.75) is 50.5 Å². The van der Waals surface area contributed by atoms with Crippen LogP contribution >= 0.6 is 0 Å². The highest BCUT2D eigenvalue weighted by Gasteiger charge is 2.46. The average molecular weight is 331 g/mol. The van der Waals surface area contributed by atoms with Gasteiger partial charge in [-0.05, 0) is 37.3 Å². The number of fused-ring (bicyclic) bond motifs is 1. The Hall–Kier alpha value is -1.66. The van der Waals surface area contributed by atoms with Gasteiger partial charge in [0.1, 0.15) is 6.10 Å². The van der Waals surface area contributed by atoms with Crippen molar-refractivity contribution in [2.75, 3.05) is 26.2 Å². The van der Waals surface area contributed by atoms with Gasteiger partial charge in [-0.2, -0.15) is 0 Å². The minimum absolute atomic E-state index is 0.00183. The number of pyridine rings is 1. The normalized spacial score (nSPS) is 29.8. The highest BCUT2D eigenvalue weighted by atomic mass is 16.5. The maximum atomic E-state index is 12.8. The van der Waals surface area contributed by atoms with Gasteiger partial charge in [0.25, 0.3) is 0 Å². The molecule has 2 saturated heterocycles. The smallest absolute Gasteiger partial charge is 0.320 e. The first-order chi connectivity index (χ1) is 11.8. The van der Waals surface area contributed by atoms with Crippen LogP contribution in [0.5, 0.6) is 0 Å². The molecule has 2 amide bonds. The number of likely N-dealkylation sites (tertiary alicyclic amines) is 1. The molecule has 1 aromatic rings. The van der Waals surface area contributed by atoms with Crippen LogP contribution in [0.4, 0.5) is 4.79 Å². The summed E-state index contributed by atoms with van der Waals surface area (Å²) >= 11 is 0. The highest BCUT2D eigenvalue weighted by molar-refractivity contribution is 5.75. The Labute approximate surface area is 142 Å². The number of aromatic nitrogens is 1. The summed E-state index contributed by atoms with van der Waals surface area (Å²) in [6.07, 6.45) is 7.81. The summed E-state index contributed by atoms with van der Waals surface area (Å²) in [5, 5.41) is 0. The third-order valence-corrected chi connectivity index (χ3v) is 5.34. The van der Waals surface area contributed by atoms with Crippen molar-refractivity contribution in [1.29, 1.82) is 0 Å². The Morgan fingerprint density at radius 2 is 2.17 bits per heavy atom. The van der Waals surface area contributed by atoms with Crippen LogP contribution in [0.3, 0.4) is 0 Å². The monoisotopic (exact) mass is 331 g/mol.